The maximum Gasteiger partial charge on any atom is 0.246 e. The highest BCUT2D eigenvalue weighted by Gasteiger charge is 2.34. The molecule has 1 atom stereocenters. The van der Waals surface area contributed by atoms with E-state index in [9.17, 15) is 12.8 Å². The van der Waals surface area contributed by atoms with Gasteiger partial charge in [-0.05, 0) is 37.5 Å². The molecule has 1 fully saturated rings. The van der Waals surface area contributed by atoms with Crippen LogP contribution in [0.15, 0.2) is 23.1 Å². The number of hydrogen-bond acceptors (Lipinski definition) is 3. The maximum atomic E-state index is 13.7. The number of halogens is 1. The van der Waals surface area contributed by atoms with Crippen molar-refractivity contribution in [1.29, 1.82) is 0 Å². The van der Waals surface area contributed by atoms with E-state index in [1.807, 2.05) is 6.92 Å². The monoisotopic (exact) mass is 273 g/mol. The largest absolute Gasteiger partial charge is 0.392 e. The van der Waals surface area contributed by atoms with Crippen LogP contribution in [0.4, 0.5) is 4.39 Å². The second kappa shape index (κ2) is 4.95. The number of sulfonamides is 1. The fraction of sp³-hybridized carbons (Fsp3) is 0.500. The minimum atomic E-state index is -3.80. The average Bonchev–Trinajstić information content (AvgIpc) is 2.76. The van der Waals surface area contributed by atoms with Crippen LogP contribution in [-0.4, -0.2) is 30.4 Å². The molecule has 0 aromatic heterocycles. The Hall–Kier alpha value is -0.980. The molecule has 1 heterocycles. The van der Waals surface area contributed by atoms with Crippen molar-refractivity contribution in [2.45, 2.75) is 37.3 Å². The summed E-state index contributed by atoms with van der Waals surface area (Å²) >= 11 is 0. The first-order chi connectivity index (χ1) is 8.46. The zero-order valence-electron chi connectivity index (χ0n) is 10.1. The molecule has 1 aliphatic rings. The molecule has 4 nitrogen and oxygen atoms in total. The summed E-state index contributed by atoms with van der Waals surface area (Å²) in [4.78, 5) is -0.345. The van der Waals surface area contributed by atoms with Gasteiger partial charge < -0.3 is 5.11 Å². The lowest BCUT2D eigenvalue weighted by Crippen LogP contribution is -2.34. The van der Waals surface area contributed by atoms with Gasteiger partial charge in [0.15, 0.2) is 0 Å². The van der Waals surface area contributed by atoms with Gasteiger partial charge in [0.05, 0.1) is 6.61 Å². The summed E-state index contributed by atoms with van der Waals surface area (Å²) in [6.07, 6.45) is 1.59. The lowest BCUT2D eigenvalue weighted by atomic mass is 10.2. The molecule has 0 spiro atoms. The van der Waals surface area contributed by atoms with Crippen molar-refractivity contribution in [3.8, 4) is 0 Å². The SMILES string of the molecule is CC1CCCN1S(=O)(=O)c1cc(CO)ccc1F. The third-order valence-electron chi connectivity index (χ3n) is 3.26. The highest BCUT2D eigenvalue weighted by Crippen LogP contribution is 2.27. The molecule has 1 saturated heterocycles. The number of benzene rings is 1. The van der Waals surface area contributed by atoms with Crippen molar-refractivity contribution in [1.82, 2.24) is 4.31 Å². The van der Waals surface area contributed by atoms with Gasteiger partial charge in [-0.25, -0.2) is 12.8 Å². The van der Waals surface area contributed by atoms with Crippen LogP contribution in [0.5, 0.6) is 0 Å². The minimum absolute atomic E-state index is 0.104. The minimum Gasteiger partial charge on any atom is -0.392 e. The van der Waals surface area contributed by atoms with Gasteiger partial charge in [0.1, 0.15) is 10.7 Å². The van der Waals surface area contributed by atoms with Crippen molar-refractivity contribution >= 4 is 10.0 Å². The van der Waals surface area contributed by atoms with Crippen molar-refractivity contribution < 1.29 is 17.9 Å². The Morgan fingerprint density at radius 2 is 2.22 bits per heavy atom. The molecule has 6 heteroatoms. The Kier molecular flexibility index (Phi) is 3.70. The van der Waals surface area contributed by atoms with E-state index in [4.69, 9.17) is 5.11 Å². The molecule has 18 heavy (non-hydrogen) atoms. The molecular weight excluding hydrogens is 257 g/mol. The van der Waals surface area contributed by atoms with Crippen LogP contribution < -0.4 is 0 Å². The quantitative estimate of drug-likeness (QED) is 0.907. The van der Waals surface area contributed by atoms with Gasteiger partial charge >= 0.3 is 0 Å². The molecule has 1 aromatic rings. The topological polar surface area (TPSA) is 57.6 Å². The van der Waals surface area contributed by atoms with E-state index in [0.717, 1.165) is 18.9 Å². The lowest BCUT2D eigenvalue weighted by molar-refractivity contribution is 0.281. The zero-order chi connectivity index (χ0) is 13.3. The van der Waals surface area contributed by atoms with Crippen LogP contribution in [0.3, 0.4) is 0 Å². The molecule has 2 rings (SSSR count). The fourth-order valence-electron chi connectivity index (χ4n) is 2.23. The molecule has 1 aromatic carbocycles. The predicted molar refractivity (Wildman–Crippen MR) is 64.9 cm³/mol. The van der Waals surface area contributed by atoms with Crippen LogP contribution in [0.1, 0.15) is 25.3 Å². The Morgan fingerprint density at radius 3 is 2.78 bits per heavy atom. The standard InChI is InChI=1S/C12H16FNO3S/c1-9-3-2-6-14(9)18(16,17)12-7-10(8-15)4-5-11(12)13/h4-5,7,9,15H,2-3,6,8H2,1H3. The van der Waals surface area contributed by atoms with Crippen molar-refractivity contribution in [2.24, 2.45) is 0 Å². The Bertz CT molecular complexity index is 544. The van der Waals surface area contributed by atoms with Gasteiger partial charge in [0.2, 0.25) is 10.0 Å². The van der Waals surface area contributed by atoms with Crippen LogP contribution in [0.2, 0.25) is 0 Å². The van der Waals surface area contributed by atoms with Gasteiger partial charge in [-0.15, -0.1) is 0 Å². The van der Waals surface area contributed by atoms with Gasteiger partial charge in [0.25, 0.3) is 0 Å². The molecule has 100 valence electrons. The summed E-state index contributed by atoms with van der Waals surface area (Å²) < 4.78 is 39.7. The van der Waals surface area contributed by atoms with Crippen LogP contribution in [0.25, 0.3) is 0 Å². The van der Waals surface area contributed by atoms with Gasteiger partial charge in [-0.3, -0.25) is 0 Å². The van der Waals surface area contributed by atoms with E-state index < -0.39 is 15.8 Å². The molecule has 1 N–H and O–H groups in total. The summed E-state index contributed by atoms with van der Waals surface area (Å²) in [7, 11) is -3.80. The summed E-state index contributed by atoms with van der Waals surface area (Å²) in [6, 6.07) is 3.56. The number of aliphatic hydroxyl groups excluding tert-OH is 1. The zero-order valence-corrected chi connectivity index (χ0v) is 11.0. The number of nitrogens with zero attached hydrogens (tertiary/aromatic N) is 1. The number of rotatable bonds is 3. The van der Waals surface area contributed by atoms with Gasteiger partial charge in [-0.1, -0.05) is 6.07 Å². The summed E-state index contributed by atoms with van der Waals surface area (Å²) in [5.41, 5.74) is 0.391. The third-order valence-corrected chi connectivity index (χ3v) is 5.29. The van der Waals surface area contributed by atoms with Gasteiger partial charge in [0, 0.05) is 12.6 Å². The second-order valence-electron chi connectivity index (χ2n) is 4.53. The Morgan fingerprint density at radius 1 is 1.50 bits per heavy atom. The average molecular weight is 273 g/mol. The third kappa shape index (κ3) is 2.28. The van der Waals surface area contributed by atoms with Crippen LogP contribution >= 0.6 is 0 Å². The van der Waals surface area contributed by atoms with Crippen molar-refractivity contribution in [3.05, 3.63) is 29.6 Å². The molecule has 0 radical (unpaired) electrons. The first-order valence-electron chi connectivity index (χ1n) is 5.88. The highest BCUT2D eigenvalue weighted by molar-refractivity contribution is 7.89. The van der Waals surface area contributed by atoms with E-state index in [0.29, 0.717) is 12.1 Å². The molecule has 0 saturated carbocycles. The summed E-state index contributed by atoms with van der Waals surface area (Å²) in [6.45, 7) is 1.93. The van der Waals surface area contributed by atoms with E-state index in [1.165, 1.54) is 16.4 Å². The van der Waals surface area contributed by atoms with Gasteiger partial charge in [-0.2, -0.15) is 4.31 Å². The first-order valence-corrected chi connectivity index (χ1v) is 7.32. The second-order valence-corrected chi connectivity index (χ2v) is 6.39. The molecule has 0 aliphatic carbocycles. The molecule has 0 bridgehead atoms. The van der Waals surface area contributed by atoms with E-state index >= 15 is 0 Å². The Labute approximate surface area is 106 Å². The van der Waals surface area contributed by atoms with Crippen LogP contribution in [-0.2, 0) is 16.6 Å². The lowest BCUT2D eigenvalue weighted by Gasteiger charge is -2.21. The summed E-state index contributed by atoms with van der Waals surface area (Å²) in [5, 5.41) is 9.01. The molecule has 1 unspecified atom stereocenters. The normalized spacial score (nSPS) is 21.4. The van der Waals surface area contributed by atoms with E-state index in [1.54, 1.807) is 0 Å². The Balaban J connectivity index is 2.46. The molecule has 0 amide bonds. The van der Waals surface area contributed by atoms with Crippen LogP contribution in [0, 0.1) is 5.82 Å². The number of hydrogen-bond donors (Lipinski definition) is 1. The van der Waals surface area contributed by atoms with Crippen molar-refractivity contribution in [3.63, 3.8) is 0 Å². The van der Waals surface area contributed by atoms with E-state index in [2.05, 4.69) is 0 Å². The fourth-order valence-corrected chi connectivity index (χ4v) is 4.05. The number of aliphatic hydroxyl groups is 1. The van der Waals surface area contributed by atoms with E-state index in [-0.39, 0.29) is 17.5 Å². The molecule has 1 aliphatic heterocycles. The van der Waals surface area contributed by atoms with Crippen molar-refractivity contribution in [2.75, 3.05) is 6.54 Å². The maximum absolute atomic E-state index is 13.7. The predicted octanol–water partition coefficient (Wildman–Crippen LogP) is 1.49. The smallest absolute Gasteiger partial charge is 0.246 e. The first kappa shape index (κ1) is 13.5. The highest BCUT2D eigenvalue weighted by atomic mass is 32.2. The molecular formula is C12H16FNO3S. The summed E-state index contributed by atoms with van der Waals surface area (Å²) in [5.74, 6) is -0.772.